The van der Waals surface area contributed by atoms with Gasteiger partial charge in [-0.2, -0.15) is 10.2 Å². The SMILES string of the molecule is CCOc1cccc(/C=C(\C#N)c2nc(-c3cccs3)no2)c1OC. The average molecular weight is 353 g/mol. The first kappa shape index (κ1) is 16.7. The van der Waals surface area contributed by atoms with Crippen LogP contribution in [0.1, 0.15) is 18.4 Å². The Morgan fingerprint density at radius 3 is 2.92 bits per heavy atom. The molecule has 0 aliphatic heterocycles. The van der Waals surface area contributed by atoms with Crippen LogP contribution in [-0.2, 0) is 0 Å². The van der Waals surface area contributed by atoms with E-state index in [1.807, 2.05) is 42.6 Å². The minimum absolute atomic E-state index is 0.162. The first-order chi connectivity index (χ1) is 12.3. The zero-order chi connectivity index (χ0) is 17.6. The van der Waals surface area contributed by atoms with Gasteiger partial charge in [0.25, 0.3) is 5.89 Å². The molecule has 3 aromatic rings. The molecule has 126 valence electrons. The van der Waals surface area contributed by atoms with Crippen LogP contribution in [0.3, 0.4) is 0 Å². The van der Waals surface area contributed by atoms with Gasteiger partial charge in [0.1, 0.15) is 11.6 Å². The summed E-state index contributed by atoms with van der Waals surface area (Å²) in [6, 6.07) is 11.4. The number of rotatable bonds is 6. The molecule has 0 fully saturated rings. The van der Waals surface area contributed by atoms with Crippen LogP contribution in [0.15, 0.2) is 40.2 Å². The molecule has 0 spiro atoms. The maximum atomic E-state index is 9.50. The molecule has 0 aliphatic carbocycles. The van der Waals surface area contributed by atoms with Crippen molar-refractivity contribution in [2.24, 2.45) is 0 Å². The summed E-state index contributed by atoms with van der Waals surface area (Å²) in [5.41, 5.74) is 0.947. The lowest BCUT2D eigenvalue weighted by atomic mass is 10.1. The molecule has 1 aromatic carbocycles. The van der Waals surface area contributed by atoms with Crippen molar-refractivity contribution < 1.29 is 14.0 Å². The third-order valence-corrected chi connectivity index (χ3v) is 4.20. The largest absolute Gasteiger partial charge is 0.492 e. The maximum Gasteiger partial charge on any atom is 0.268 e. The first-order valence-electron chi connectivity index (χ1n) is 7.56. The van der Waals surface area contributed by atoms with Crippen LogP contribution in [0.4, 0.5) is 0 Å². The number of hydrogen-bond donors (Lipinski definition) is 0. The molecule has 0 amide bonds. The molecule has 0 aliphatic rings. The van der Waals surface area contributed by atoms with Gasteiger partial charge in [0.05, 0.1) is 18.6 Å². The van der Waals surface area contributed by atoms with Gasteiger partial charge in [0.2, 0.25) is 5.82 Å². The number of thiophene rings is 1. The van der Waals surface area contributed by atoms with E-state index in [0.717, 1.165) is 4.88 Å². The lowest BCUT2D eigenvalue weighted by molar-refractivity contribution is 0.310. The average Bonchev–Trinajstić information content (AvgIpc) is 3.31. The van der Waals surface area contributed by atoms with Crippen molar-refractivity contribution in [1.82, 2.24) is 10.1 Å². The number of methoxy groups -OCH3 is 1. The van der Waals surface area contributed by atoms with E-state index in [2.05, 4.69) is 16.2 Å². The number of nitrogens with zero attached hydrogens (tertiary/aromatic N) is 3. The fraction of sp³-hybridized carbons (Fsp3) is 0.167. The van der Waals surface area contributed by atoms with Gasteiger partial charge in [-0.25, -0.2) is 0 Å². The second kappa shape index (κ2) is 7.64. The molecular formula is C18H15N3O3S. The minimum atomic E-state index is 0.162. The fourth-order valence-corrected chi connectivity index (χ4v) is 2.92. The molecular weight excluding hydrogens is 338 g/mol. The maximum absolute atomic E-state index is 9.50. The van der Waals surface area contributed by atoms with Crippen LogP contribution in [0.5, 0.6) is 11.5 Å². The lowest BCUT2D eigenvalue weighted by Gasteiger charge is -2.11. The zero-order valence-corrected chi connectivity index (χ0v) is 14.5. The highest BCUT2D eigenvalue weighted by molar-refractivity contribution is 7.13. The number of benzene rings is 1. The molecule has 0 unspecified atom stereocenters. The van der Waals surface area contributed by atoms with Crippen LogP contribution < -0.4 is 9.47 Å². The Bertz CT molecular complexity index is 923. The minimum Gasteiger partial charge on any atom is -0.492 e. The fourth-order valence-electron chi connectivity index (χ4n) is 2.27. The number of ether oxygens (including phenoxy) is 2. The first-order valence-corrected chi connectivity index (χ1v) is 8.44. The van der Waals surface area contributed by atoms with Crippen molar-refractivity contribution in [1.29, 1.82) is 5.26 Å². The van der Waals surface area contributed by atoms with Crippen LogP contribution in [0.2, 0.25) is 0 Å². The molecule has 0 saturated carbocycles. The van der Waals surface area contributed by atoms with Crippen molar-refractivity contribution in [3.63, 3.8) is 0 Å². The molecule has 25 heavy (non-hydrogen) atoms. The second-order valence-electron chi connectivity index (χ2n) is 4.88. The summed E-state index contributed by atoms with van der Waals surface area (Å²) in [7, 11) is 1.56. The molecule has 0 bridgehead atoms. The van der Waals surface area contributed by atoms with Gasteiger partial charge in [-0.05, 0) is 30.5 Å². The van der Waals surface area contributed by atoms with E-state index in [-0.39, 0.29) is 11.5 Å². The Morgan fingerprint density at radius 1 is 1.36 bits per heavy atom. The molecule has 0 saturated heterocycles. The zero-order valence-electron chi connectivity index (χ0n) is 13.7. The lowest BCUT2D eigenvalue weighted by Crippen LogP contribution is -1.97. The Kier molecular flexibility index (Phi) is 5.11. The predicted molar refractivity (Wildman–Crippen MR) is 95.3 cm³/mol. The normalized spacial score (nSPS) is 11.2. The van der Waals surface area contributed by atoms with E-state index in [1.165, 1.54) is 11.3 Å². The Labute approximate surface area is 148 Å². The van der Waals surface area contributed by atoms with E-state index in [0.29, 0.717) is 29.5 Å². The van der Waals surface area contributed by atoms with E-state index in [1.54, 1.807) is 13.2 Å². The Balaban J connectivity index is 1.99. The summed E-state index contributed by atoms with van der Waals surface area (Å²) in [5, 5.41) is 15.4. The van der Waals surface area contributed by atoms with Crippen LogP contribution in [0.25, 0.3) is 22.4 Å². The molecule has 0 radical (unpaired) electrons. The highest BCUT2D eigenvalue weighted by Crippen LogP contribution is 2.33. The summed E-state index contributed by atoms with van der Waals surface area (Å²) in [5.74, 6) is 1.78. The highest BCUT2D eigenvalue weighted by atomic mass is 32.1. The molecule has 0 N–H and O–H groups in total. The number of allylic oxidation sites excluding steroid dienone is 1. The van der Waals surface area contributed by atoms with E-state index < -0.39 is 0 Å². The highest BCUT2D eigenvalue weighted by Gasteiger charge is 2.15. The number of nitriles is 1. The summed E-state index contributed by atoms with van der Waals surface area (Å²) in [6.07, 6.45) is 1.65. The smallest absolute Gasteiger partial charge is 0.268 e. The van der Waals surface area contributed by atoms with Crippen LogP contribution >= 0.6 is 11.3 Å². The van der Waals surface area contributed by atoms with Gasteiger partial charge in [-0.15, -0.1) is 11.3 Å². The van der Waals surface area contributed by atoms with Crippen LogP contribution in [-0.4, -0.2) is 23.9 Å². The molecule has 7 heteroatoms. The van der Waals surface area contributed by atoms with Gasteiger partial charge in [-0.3, -0.25) is 0 Å². The molecule has 2 heterocycles. The van der Waals surface area contributed by atoms with E-state index in [9.17, 15) is 5.26 Å². The van der Waals surface area contributed by atoms with Crippen molar-refractivity contribution in [3.8, 4) is 28.3 Å². The topological polar surface area (TPSA) is 81.2 Å². The monoisotopic (exact) mass is 353 g/mol. The summed E-state index contributed by atoms with van der Waals surface area (Å²) in [4.78, 5) is 5.18. The van der Waals surface area contributed by atoms with E-state index >= 15 is 0 Å². The molecule has 6 nitrogen and oxygen atoms in total. The Hall–Kier alpha value is -3.11. The van der Waals surface area contributed by atoms with Gasteiger partial charge in [0, 0.05) is 5.56 Å². The molecule has 0 atom stereocenters. The van der Waals surface area contributed by atoms with Crippen LogP contribution in [0, 0.1) is 11.3 Å². The second-order valence-corrected chi connectivity index (χ2v) is 5.83. The summed E-state index contributed by atoms with van der Waals surface area (Å²) >= 11 is 1.50. The number of aromatic nitrogens is 2. The Morgan fingerprint density at radius 2 is 2.24 bits per heavy atom. The van der Waals surface area contributed by atoms with E-state index in [4.69, 9.17) is 14.0 Å². The molecule has 3 rings (SSSR count). The van der Waals surface area contributed by atoms with Gasteiger partial charge >= 0.3 is 0 Å². The van der Waals surface area contributed by atoms with Gasteiger partial charge in [0.15, 0.2) is 11.5 Å². The third kappa shape index (κ3) is 3.54. The number of para-hydroxylation sites is 1. The molecule has 2 aromatic heterocycles. The predicted octanol–water partition coefficient (Wildman–Crippen LogP) is 4.27. The van der Waals surface area contributed by atoms with Gasteiger partial charge in [-0.1, -0.05) is 23.4 Å². The summed E-state index contributed by atoms with van der Waals surface area (Å²) in [6.45, 7) is 2.41. The van der Waals surface area contributed by atoms with Gasteiger partial charge < -0.3 is 14.0 Å². The number of hydrogen-bond acceptors (Lipinski definition) is 7. The quantitative estimate of drug-likeness (QED) is 0.616. The standard InChI is InChI=1S/C18H15N3O3S/c1-3-23-14-7-4-6-12(16(14)22-2)10-13(11-19)18-20-17(21-24-18)15-8-5-9-25-15/h4-10H,3H2,1-2H3/b13-10+. The summed E-state index contributed by atoms with van der Waals surface area (Å²) < 4.78 is 16.2. The van der Waals surface area contributed by atoms with Crippen molar-refractivity contribution in [3.05, 3.63) is 47.2 Å². The van der Waals surface area contributed by atoms with Crippen molar-refractivity contribution in [2.75, 3.05) is 13.7 Å². The third-order valence-electron chi connectivity index (χ3n) is 3.33. The van der Waals surface area contributed by atoms with Crippen molar-refractivity contribution in [2.45, 2.75) is 6.92 Å². The van der Waals surface area contributed by atoms with Crippen molar-refractivity contribution >= 4 is 23.0 Å².